The number of rotatable bonds is 5. The number of benzene rings is 1. The second-order valence-corrected chi connectivity index (χ2v) is 7.14. The molecule has 0 spiro atoms. The van der Waals surface area contributed by atoms with E-state index < -0.39 is 9.84 Å². The predicted octanol–water partition coefficient (Wildman–Crippen LogP) is 2.08. The SMILES string of the molecule is CS(=O)(=O)c1ccc(=O)n(Cc2coc(Oc3ccccc3)n2)c1. The average molecular weight is 346 g/mol. The van der Waals surface area contributed by atoms with Crippen LogP contribution in [0.25, 0.3) is 0 Å². The number of hydrogen-bond acceptors (Lipinski definition) is 6. The summed E-state index contributed by atoms with van der Waals surface area (Å²) in [6.45, 7) is 0.0733. The number of hydrogen-bond donors (Lipinski definition) is 0. The fourth-order valence-corrected chi connectivity index (χ4v) is 2.66. The quantitative estimate of drug-likeness (QED) is 0.702. The van der Waals surface area contributed by atoms with Crippen LogP contribution in [-0.2, 0) is 16.4 Å². The van der Waals surface area contributed by atoms with Crippen LogP contribution < -0.4 is 10.3 Å². The number of para-hydroxylation sites is 1. The smallest absolute Gasteiger partial charge is 0.399 e. The van der Waals surface area contributed by atoms with Crippen molar-refractivity contribution in [2.24, 2.45) is 0 Å². The lowest BCUT2D eigenvalue weighted by atomic mass is 10.3. The Kier molecular flexibility index (Phi) is 4.22. The number of ether oxygens (including phenoxy) is 1. The monoisotopic (exact) mass is 346 g/mol. The van der Waals surface area contributed by atoms with Crippen molar-refractivity contribution in [3.05, 3.63) is 71.0 Å². The molecule has 0 saturated heterocycles. The number of pyridine rings is 1. The Balaban J connectivity index is 1.81. The average Bonchev–Trinajstić information content (AvgIpc) is 2.96. The van der Waals surface area contributed by atoms with Crippen LogP contribution in [0, 0.1) is 0 Å². The van der Waals surface area contributed by atoms with Gasteiger partial charge in [-0.3, -0.25) is 4.79 Å². The fourth-order valence-electron chi connectivity index (χ4n) is 2.02. The maximum Gasteiger partial charge on any atom is 0.399 e. The van der Waals surface area contributed by atoms with E-state index >= 15 is 0 Å². The molecular weight excluding hydrogens is 332 g/mol. The normalized spacial score (nSPS) is 11.4. The molecule has 0 fully saturated rings. The van der Waals surface area contributed by atoms with Gasteiger partial charge in [0.25, 0.3) is 5.56 Å². The highest BCUT2D eigenvalue weighted by Crippen LogP contribution is 2.20. The molecule has 0 radical (unpaired) electrons. The van der Waals surface area contributed by atoms with Gasteiger partial charge in [-0.25, -0.2) is 8.42 Å². The van der Waals surface area contributed by atoms with E-state index in [0.717, 1.165) is 6.26 Å². The number of nitrogens with zero attached hydrogens (tertiary/aromatic N) is 2. The summed E-state index contributed by atoms with van der Waals surface area (Å²) in [6.07, 6.45) is 3.77. The summed E-state index contributed by atoms with van der Waals surface area (Å²) in [5.41, 5.74) is 0.101. The minimum Gasteiger partial charge on any atom is -0.417 e. The van der Waals surface area contributed by atoms with Crippen LogP contribution in [0.3, 0.4) is 0 Å². The van der Waals surface area contributed by atoms with Gasteiger partial charge < -0.3 is 13.7 Å². The maximum absolute atomic E-state index is 11.9. The van der Waals surface area contributed by atoms with E-state index in [9.17, 15) is 13.2 Å². The molecule has 0 unspecified atom stereocenters. The third-order valence-corrected chi connectivity index (χ3v) is 4.29. The Bertz CT molecular complexity index is 1010. The van der Waals surface area contributed by atoms with E-state index in [1.54, 1.807) is 12.1 Å². The molecule has 0 aliphatic heterocycles. The van der Waals surface area contributed by atoms with E-state index in [-0.39, 0.29) is 23.1 Å². The van der Waals surface area contributed by atoms with Crippen molar-refractivity contribution in [3.63, 3.8) is 0 Å². The lowest BCUT2D eigenvalue weighted by molar-refractivity contribution is 0.330. The van der Waals surface area contributed by atoms with Gasteiger partial charge in [-0.05, 0) is 18.2 Å². The van der Waals surface area contributed by atoms with E-state index in [1.807, 2.05) is 18.2 Å². The van der Waals surface area contributed by atoms with Crippen LogP contribution in [0.1, 0.15) is 5.69 Å². The maximum atomic E-state index is 11.9. The van der Waals surface area contributed by atoms with Crippen molar-refractivity contribution < 1.29 is 17.6 Å². The molecule has 0 aliphatic carbocycles. The zero-order chi connectivity index (χ0) is 17.2. The zero-order valence-electron chi connectivity index (χ0n) is 12.7. The third-order valence-electron chi connectivity index (χ3n) is 3.20. The van der Waals surface area contributed by atoms with Gasteiger partial charge in [0.1, 0.15) is 17.7 Å². The molecule has 0 aliphatic rings. The van der Waals surface area contributed by atoms with Gasteiger partial charge in [-0.2, -0.15) is 4.98 Å². The van der Waals surface area contributed by atoms with E-state index in [0.29, 0.717) is 11.4 Å². The summed E-state index contributed by atoms with van der Waals surface area (Å²) < 4.78 is 35.1. The second-order valence-electron chi connectivity index (χ2n) is 5.12. The molecule has 7 nitrogen and oxygen atoms in total. The summed E-state index contributed by atoms with van der Waals surface area (Å²) in [5.74, 6) is 0.571. The Morgan fingerprint density at radius 3 is 2.62 bits per heavy atom. The highest BCUT2D eigenvalue weighted by atomic mass is 32.2. The van der Waals surface area contributed by atoms with Crippen molar-refractivity contribution in [1.29, 1.82) is 0 Å². The highest BCUT2D eigenvalue weighted by molar-refractivity contribution is 7.90. The summed E-state index contributed by atoms with van der Waals surface area (Å²) >= 11 is 0. The van der Waals surface area contributed by atoms with Crippen LogP contribution in [0.2, 0.25) is 0 Å². The molecule has 8 heteroatoms. The van der Waals surface area contributed by atoms with E-state index in [4.69, 9.17) is 9.15 Å². The molecule has 0 bridgehead atoms. The molecule has 0 N–H and O–H groups in total. The molecule has 3 rings (SSSR count). The number of aromatic nitrogens is 2. The Morgan fingerprint density at radius 1 is 1.17 bits per heavy atom. The van der Waals surface area contributed by atoms with Gasteiger partial charge in [0.2, 0.25) is 0 Å². The minimum absolute atomic E-state index is 0.0449. The lowest BCUT2D eigenvalue weighted by Gasteiger charge is -2.05. The first kappa shape index (κ1) is 16.0. The molecule has 1 aromatic carbocycles. The molecule has 0 amide bonds. The standard InChI is InChI=1S/C16H14N2O5S/c1-24(20,21)14-7-8-15(19)18(10-14)9-12-11-22-16(17-12)23-13-5-3-2-4-6-13/h2-8,10-11H,9H2,1H3. The largest absolute Gasteiger partial charge is 0.417 e. The summed E-state index contributed by atoms with van der Waals surface area (Å²) in [5, 5.41) is 0. The molecule has 0 atom stereocenters. The highest BCUT2D eigenvalue weighted by Gasteiger charge is 2.11. The van der Waals surface area contributed by atoms with Crippen molar-refractivity contribution >= 4 is 9.84 Å². The Hall–Kier alpha value is -2.87. The minimum atomic E-state index is -3.40. The topological polar surface area (TPSA) is 91.4 Å². The molecule has 2 heterocycles. The Labute approximate surface area is 138 Å². The molecule has 0 saturated carbocycles. The second kappa shape index (κ2) is 6.32. The van der Waals surface area contributed by atoms with E-state index in [2.05, 4.69) is 4.98 Å². The molecule has 24 heavy (non-hydrogen) atoms. The van der Waals surface area contributed by atoms with Crippen LogP contribution in [0.5, 0.6) is 11.8 Å². The van der Waals surface area contributed by atoms with Gasteiger partial charge in [-0.1, -0.05) is 18.2 Å². The van der Waals surface area contributed by atoms with Crippen LogP contribution >= 0.6 is 0 Å². The van der Waals surface area contributed by atoms with Gasteiger partial charge in [0, 0.05) is 18.5 Å². The number of oxazole rings is 1. The molecule has 2 aromatic heterocycles. The van der Waals surface area contributed by atoms with Crippen LogP contribution in [-0.4, -0.2) is 24.2 Å². The summed E-state index contributed by atoms with van der Waals surface area (Å²) in [4.78, 5) is 16.1. The van der Waals surface area contributed by atoms with Crippen molar-refractivity contribution in [3.8, 4) is 11.8 Å². The molecular formula is C16H14N2O5S. The molecule has 3 aromatic rings. The number of sulfone groups is 1. The third kappa shape index (κ3) is 3.72. The fraction of sp³-hybridized carbons (Fsp3) is 0.125. The van der Waals surface area contributed by atoms with Gasteiger partial charge in [0.15, 0.2) is 9.84 Å². The van der Waals surface area contributed by atoms with Crippen LogP contribution in [0.15, 0.2) is 69.0 Å². The Morgan fingerprint density at radius 2 is 1.92 bits per heavy atom. The van der Waals surface area contributed by atoms with Crippen molar-refractivity contribution in [2.75, 3.05) is 6.26 Å². The zero-order valence-corrected chi connectivity index (χ0v) is 13.6. The first-order valence-corrected chi connectivity index (χ1v) is 8.89. The predicted molar refractivity (Wildman–Crippen MR) is 85.9 cm³/mol. The lowest BCUT2D eigenvalue weighted by Crippen LogP contribution is -2.20. The first-order chi connectivity index (χ1) is 11.4. The van der Waals surface area contributed by atoms with Gasteiger partial charge in [0.05, 0.1) is 11.4 Å². The first-order valence-electron chi connectivity index (χ1n) is 7.00. The van der Waals surface area contributed by atoms with E-state index in [1.165, 1.54) is 29.2 Å². The summed E-state index contributed by atoms with van der Waals surface area (Å²) in [7, 11) is -3.40. The summed E-state index contributed by atoms with van der Waals surface area (Å²) in [6, 6.07) is 11.5. The van der Waals surface area contributed by atoms with Crippen LogP contribution in [0.4, 0.5) is 0 Å². The van der Waals surface area contributed by atoms with Crippen molar-refractivity contribution in [1.82, 2.24) is 9.55 Å². The van der Waals surface area contributed by atoms with Crippen molar-refractivity contribution in [2.45, 2.75) is 11.4 Å². The van der Waals surface area contributed by atoms with Gasteiger partial charge in [-0.15, -0.1) is 0 Å². The molecule has 124 valence electrons. The van der Waals surface area contributed by atoms with Gasteiger partial charge >= 0.3 is 6.08 Å².